The first-order valence-electron chi connectivity index (χ1n) is 7.64. The number of fused-ring (bicyclic) bond motifs is 2. The zero-order valence-electron chi connectivity index (χ0n) is 13.5. The molecule has 0 fully saturated rings. The number of nitrogens with one attached hydrogen (secondary N) is 1. The van der Waals surface area contributed by atoms with E-state index in [-0.39, 0.29) is 17.0 Å². The Labute approximate surface area is 144 Å². The van der Waals surface area contributed by atoms with Crippen molar-refractivity contribution in [3.05, 3.63) is 64.6 Å². The van der Waals surface area contributed by atoms with Gasteiger partial charge >= 0.3 is 6.18 Å². The number of nitrogens with zero attached hydrogens (tertiary/aromatic N) is 2. The molecule has 0 spiro atoms. The number of benzene rings is 1. The summed E-state index contributed by atoms with van der Waals surface area (Å²) in [5, 5.41) is 4.40. The first kappa shape index (κ1) is 16.2. The van der Waals surface area contributed by atoms with E-state index in [1.165, 1.54) is 13.2 Å². The van der Waals surface area contributed by atoms with Crippen LogP contribution in [0, 0.1) is 0 Å². The number of aromatic amines is 1. The molecule has 0 amide bonds. The Morgan fingerprint density at radius 1 is 1.08 bits per heavy atom. The summed E-state index contributed by atoms with van der Waals surface area (Å²) in [4.78, 5) is 14.1. The van der Waals surface area contributed by atoms with Gasteiger partial charge in [-0.1, -0.05) is 6.07 Å². The Morgan fingerprint density at radius 2 is 1.88 bits per heavy atom. The van der Waals surface area contributed by atoms with Gasteiger partial charge in [0.05, 0.1) is 12.6 Å². The van der Waals surface area contributed by atoms with Gasteiger partial charge in [0.25, 0.3) is 0 Å². The Hall–Kier alpha value is -3.29. The van der Waals surface area contributed by atoms with Crippen LogP contribution in [-0.2, 0) is 6.18 Å². The van der Waals surface area contributed by atoms with Gasteiger partial charge in [0.1, 0.15) is 0 Å². The van der Waals surface area contributed by atoms with E-state index in [1.54, 1.807) is 36.4 Å². The number of alkyl halides is 3. The number of rotatable bonds is 2. The molecule has 0 saturated heterocycles. The molecular formula is C18H12F3N3O2. The highest BCUT2D eigenvalue weighted by atomic mass is 19.4. The maximum Gasteiger partial charge on any atom is 0.435 e. The molecule has 132 valence electrons. The zero-order valence-corrected chi connectivity index (χ0v) is 13.5. The van der Waals surface area contributed by atoms with Gasteiger partial charge in [-0.2, -0.15) is 22.8 Å². The van der Waals surface area contributed by atoms with Crippen LogP contribution in [0.3, 0.4) is 0 Å². The minimum absolute atomic E-state index is 0.198. The summed E-state index contributed by atoms with van der Waals surface area (Å²) in [7, 11) is 1.37. The lowest BCUT2D eigenvalue weighted by Gasteiger charge is -2.09. The lowest BCUT2D eigenvalue weighted by molar-refractivity contribution is -0.141. The first-order valence-corrected chi connectivity index (χ1v) is 7.64. The highest BCUT2D eigenvalue weighted by Crippen LogP contribution is 2.34. The van der Waals surface area contributed by atoms with Crippen molar-refractivity contribution in [2.24, 2.45) is 0 Å². The lowest BCUT2D eigenvalue weighted by Crippen LogP contribution is -2.06. The molecule has 0 saturated carbocycles. The summed E-state index contributed by atoms with van der Waals surface area (Å²) in [5.74, 6) is 0.198. The molecule has 4 rings (SSSR count). The number of aromatic nitrogens is 3. The van der Waals surface area contributed by atoms with Crippen molar-refractivity contribution in [1.82, 2.24) is 14.6 Å². The molecule has 0 aliphatic rings. The van der Waals surface area contributed by atoms with Crippen molar-refractivity contribution < 1.29 is 17.9 Å². The van der Waals surface area contributed by atoms with Crippen molar-refractivity contribution >= 4 is 16.4 Å². The Balaban J connectivity index is 1.98. The molecule has 1 N–H and O–H groups in total. The van der Waals surface area contributed by atoms with Gasteiger partial charge < -0.3 is 9.72 Å². The third kappa shape index (κ3) is 2.59. The van der Waals surface area contributed by atoms with E-state index in [0.29, 0.717) is 16.6 Å². The van der Waals surface area contributed by atoms with Crippen LogP contribution in [0.25, 0.3) is 27.5 Å². The largest absolute Gasteiger partial charge is 0.481 e. The van der Waals surface area contributed by atoms with E-state index in [2.05, 4.69) is 10.1 Å². The summed E-state index contributed by atoms with van der Waals surface area (Å²) in [6.07, 6.45) is -4.56. The fourth-order valence-electron chi connectivity index (χ4n) is 2.91. The van der Waals surface area contributed by atoms with Gasteiger partial charge in [0.15, 0.2) is 5.69 Å². The smallest absolute Gasteiger partial charge is 0.435 e. The third-order valence-electron chi connectivity index (χ3n) is 4.12. The van der Waals surface area contributed by atoms with Crippen LogP contribution in [-0.4, -0.2) is 21.7 Å². The molecule has 1 aromatic carbocycles. The standard InChI is InChI=1S/C18H12F3N3O2/c1-26-17-7-4-12(14-9-15(18(19,20)21)23-24(14)17)10-2-5-13-11(8-10)3-6-16(25)22-13/h2-9H,1H3,(H,22,25). The minimum Gasteiger partial charge on any atom is -0.481 e. The average molecular weight is 359 g/mol. The van der Waals surface area contributed by atoms with Crippen molar-refractivity contribution in [3.8, 4) is 17.0 Å². The predicted octanol–water partition coefficient (Wildman–Crippen LogP) is 3.87. The predicted molar refractivity (Wildman–Crippen MR) is 90.3 cm³/mol. The van der Waals surface area contributed by atoms with Gasteiger partial charge in [-0.25, -0.2) is 0 Å². The number of ether oxygens (including phenoxy) is 1. The van der Waals surface area contributed by atoms with Crippen LogP contribution in [0.1, 0.15) is 5.69 Å². The maximum atomic E-state index is 13.1. The van der Waals surface area contributed by atoms with Crippen molar-refractivity contribution in [2.45, 2.75) is 6.18 Å². The van der Waals surface area contributed by atoms with Gasteiger partial charge in [0.2, 0.25) is 11.4 Å². The second kappa shape index (κ2) is 5.62. The number of H-pyrrole nitrogens is 1. The monoisotopic (exact) mass is 359 g/mol. The Bertz CT molecular complexity index is 1190. The van der Waals surface area contributed by atoms with Crippen LogP contribution in [0.15, 0.2) is 53.3 Å². The van der Waals surface area contributed by atoms with E-state index < -0.39 is 11.9 Å². The number of halogens is 3. The molecule has 3 heterocycles. The number of methoxy groups -OCH3 is 1. The molecule has 8 heteroatoms. The maximum absolute atomic E-state index is 13.1. The summed E-state index contributed by atoms with van der Waals surface area (Å²) in [5.41, 5.74) is 0.986. The molecule has 0 aliphatic heterocycles. The molecule has 0 radical (unpaired) electrons. The Kier molecular flexibility index (Phi) is 3.50. The molecule has 0 atom stereocenters. The number of hydrogen-bond acceptors (Lipinski definition) is 3. The highest BCUT2D eigenvalue weighted by Gasteiger charge is 2.34. The molecular weight excluding hydrogens is 347 g/mol. The quantitative estimate of drug-likeness (QED) is 0.591. The molecule has 5 nitrogen and oxygen atoms in total. The first-order chi connectivity index (χ1) is 12.4. The van der Waals surface area contributed by atoms with Crippen molar-refractivity contribution in [3.63, 3.8) is 0 Å². The fourth-order valence-corrected chi connectivity index (χ4v) is 2.91. The summed E-state index contributed by atoms with van der Waals surface area (Å²) in [6, 6.07) is 12.6. The summed E-state index contributed by atoms with van der Waals surface area (Å²) >= 11 is 0. The summed E-state index contributed by atoms with van der Waals surface area (Å²) in [6.45, 7) is 0. The van der Waals surface area contributed by atoms with Crippen LogP contribution in [0.2, 0.25) is 0 Å². The second-order valence-corrected chi connectivity index (χ2v) is 5.74. The molecule has 26 heavy (non-hydrogen) atoms. The van der Waals surface area contributed by atoms with Gasteiger partial charge in [-0.05, 0) is 41.3 Å². The normalized spacial score (nSPS) is 12.0. The minimum atomic E-state index is -4.56. The van der Waals surface area contributed by atoms with Gasteiger partial charge in [-0.3, -0.25) is 4.79 Å². The van der Waals surface area contributed by atoms with Crippen LogP contribution >= 0.6 is 0 Å². The molecule has 4 aromatic rings. The van der Waals surface area contributed by atoms with E-state index >= 15 is 0 Å². The second-order valence-electron chi connectivity index (χ2n) is 5.74. The molecule has 0 aliphatic carbocycles. The zero-order chi connectivity index (χ0) is 18.5. The van der Waals surface area contributed by atoms with Crippen LogP contribution in [0.5, 0.6) is 5.88 Å². The number of pyridine rings is 2. The van der Waals surface area contributed by atoms with E-state index in [0.717, 1.165) is 16.0 Å². The van der Waals surface area contributed by atoms with Crippen LogP contribution < -0.4 is 10.3 Å². The number of hydrogen-bond donors (Lipinski definition) is 1. The topological polar surface area (TPSA) is 59.4 Å². The van der Waals surface area contributed by atoms with Crippen molar-refractivity contribution in [2.75, 3.05) is 7.11 Å². The van der Waals surface area contributed by atoms with E-state index in [4.69, 9.17) is 4.74 Å². The van der Waals surface area contributed by atoms with Gasteiger partial charge in [0, 0.05) is 23.2 Å². The lowest BCUT2D eigenvalue weighted by atomic mass is 10.0. The van der Waals surface area contributed by atoms with E-state index in [9.17, 15) is 18.0 Å². The molecule has 3 aromatic heterocycles. The summed E-state index contributed by atoms with van der Waals surface area (Å²) < 4.78 is 45.5. The van der Waals surface area contributed by atoms with Gasteiger partial charge in [-0.15, -0.1) is 0 Å². The molecule has 0 unspecified atom stereocenters. The van der Waals surface area contributed by atoms with E-state index in [1.807, 2.05) is 0 Å². The third-order valence-corrected chi connectivity index (χ3v) is 4.12. The molecule has 0 bridgehead atoms. The highest BCUT2D eigenvalue weighted by molar-refractivity contribution is 5.89. The van der Waals surface area contributed by atoms with Crippen molar-refractivity contribution in [1.29, 1.82) is 0 Å². The average Bonchev–Trinajstić information content (AvgIpc) is 3.06. The Morgan fingerprint density at radius 3 is 2.62 bits per heavy atom. The fraction of sp³-hybridized carbons (Fsp3) is 0.111. The SMILES string of the molecule is COc1ccc(-c2ccc3[nH]c(=O)ccc3c2)c2cc(C(F)(F)F)nn12. The van der Waals surface area contributed by atoms with Crippen LogP contribution in [0.4, 0.5) is 13.2 Å².